The minimum Gasteiger partial charge on any atom is -0.468 e. The number of nitrogens with zero attached hydrogens (tertiary/aromatic N) is 1. The van der Waals surface area contributed by atoms with E-state index in [1.807, 2.05) is 0 Å². The van der Waals surface area contributed by atoms with E-state index >= 15 is 0 Å². The van der Waals surface area contributed by atoms with Crippen molar-refractivity contribution in [1.82, 2.24) is 15.6 Å². The molecule has 10 heteroatoms. The van der Waals surface area contributed by atoms with Crippen LogP contribution in [0.25, 0.3) is 0 Å². The molecule has 0 aliphatic carbocycles. The van der Waals surface area contributed by atoms with Gasteiger partial charge in [-0.1, -0.05) is 6.07 Å². The van der Waals surface area contributed by atoms with Gasteiger partial charge in [-0.15, -0.1) is 11.3 Å². The van der Waals surface area contributed by atoms with Crippen LogP contribution < -0.4 is 10.6 Å². The first-order chi connectivity index (χ1) is 13.5. The number of thiophene rings is 1. The number of sulfone groups is 1. The van der Waals surface area contributed by atoms with Gasteiger partial charge in [0.1, 0.15) is 15.2 Å². The number of carbonyl (C=O) groups is 2. The molecule has 3 aromatic rings. The van der Waals surface area contributed by atoms with Gasteiger partial charge in [-0.25, -0.2) is 8.42 Å². The van der Waals surface area contributed by atoms with E-state index in [0.717, 1.165) is 16.9 Å². The topological polar surface area (TPSA) is 118 Å². The van der Waals surface area contributed by atoms with Crippen molar-refractivity contribution in [3.63, 3.8) is 0 Å². The molecule has 3 aromatic heterocycles. The number of hydrogen-bond acceptors (Lipinski definition) is 7. The average Bonchev–Trinajstić information content (AvgIpc) is 3.41. The minimum absolute atomic E-state index is 0.157. The van der Waals surface area contributed by atoms with Crippen LogP contribution in [0.3, 0.4) is 0 Å². The van der Waals surface area contributed by atoms with E-state index in [2.05, 4.69) is 15.6 Å². The Morgan fingerprint density at radius 1 is 1.07 bits per heavy atom. The first-order valence-electron chi connectivity index (χ1n) is 8.24. The van der Waals surface area contributed by atoms with Crippen LogP contribution in [0.1, 0.15) is 16.6 Å². The molecule has 0 spiro atoms. The fourth-order valence-corrected chi connectivity index (χ4v) is 5.22. The van der Waals surface area contributed by atoms with Crippen LogP contribution in [0.4, 0.5) is 0 Å². The number of aromatic nitrogens is 1. The Bertz CT molecular complexity index is 1020. The number of amides is 2. The van der Waals surface area contributed by atoms with Gasteiger partial charge in [0.05, 0.1) is 6.26 Å². The fraction of sp³-hybridized carbons (Fsp3) is 0.167. The number of pyridine rings is 1. The molecule has 3 heterocycles. The summed E-state index contributed by atoms with van der Waals surface area (Å²) in [6.07, 6.45) is 4.51. The number of rotatable bonds is 7. The molecule has 0 aromatic carbocycles. The molecule has 1 unspecified atom stereocenters. The highest BCUT2D eigenvalue weighted by Gasteiger charge is 2.33. The van der Waals surface area contributed by atoms with Crippen LogP contribution in [0, 0.1) is 0 Å². The van der Waals surface area contributed by atoms with E-state index in [0.29, 0.717) is 0 Å². The summed E-state index contributed by atoms with van der Waals surface area (Å²) in [6, 6.07) is 9.61. The third-order valence-corrected chi connectivity index (χ3v) is 7.36. The van der Waals surface area contributed by atoms with Crippen molar-refractivity contribution >= 4 is 33.0 Å². The molecule has 1 atom stereocenters. The van der Waals surface area contributed by atoms with E-state index in [9.17, 15) is 18.0 Å². The maximum atomic E-state index is 12.9. The molecule has 0 fully saturated rings. The monoisotopic (exact) mass is 419 g/mol. The normalized spacial score (nSPS) is 12.3. The van der Waals surface area contributed by atoms with Gasteiger partial charge in [0.15, 0.2) is 9.84 Å². The Labute approximate surface area is 165 Å². The van der Waals surface area contributed by atoms with Gasteiger partial charge in [-0.05, 0) is 41.3 Å². The molecule has 0 bridgehead atoms. The Balaban J connectivity index is 1.65. The number of hydrogen-bond donors (Lipinski definition) is 2. The molecule has 0 aliphatic heterocycles. The van der Waals surface area contributed by atoms with Crippen LogP contribution in [-0.4, -0.2) is 31.8 Å². The summed E-state index contributed by atoms with van der Waals surface area (Å²) in [5.74, 6) is -1.60. The highest BCUT2D eigenvalue weighted by Crippen LogP contribution is 2.31. The summed E-state index contributed by atoms with van der Waals surface area (Å²) < 4.78 is 31.2. The number of nitrogens with one attached hydrogen (secondary N) is 2. The summed E-state index contributed by atoms with van der Waals surface area (Å²) in [5.41, 5.74) is 0.782. The predicted molar refractivity (Wildman–Crippen MR) is 102 cm³/mol. The third kappa shape index (κ3) is 4.65. The zero-order valence-electron chi connectivity index (χ0n) is 14.6. The first kappa shape index (κ1) is 19.8. The largest absolute Gasteiger partial charge is 0.468 e. The van der Waals surface area contributed by atoms with Crippen molar-refractivity contribution in [2.45, 2.75) is 16.0 Å². The molecular weight excluding hydrogens is 402 g/mol. The van der Waals surface area contributed by atoms with Crippen LogP contribution in [0.5, 0.6) is 0 Å². The molecule has 8 nitrogen and oxygen atoms in total. The van der Waals surface area contributed by atoms with Gasteiger partial charge in [0.2, 0.25) is 0 Å². The molecule has 0 saturated heterocycles. The van der Waals surface area contributed by atoms with Crippen molar-refractivity contribution in [3.8, 4) is 0 Å². The maximum absolute atomic E-state index is 12.9. The van der Waals surface area contributed by atoms with Crippen molar-refractivity contribution < 1.29 is 22.4 Å². The molecule has 2 amide bonds. The lowest BCUT2D eigenvalue weighted by molar-refractivity contribution is -0.139. The highest BCUT2D eigenvalue weighted by atomic mass is 32.2. The Morgan fingerprint density at radius 2 is 1.82 bits per heavy atom. The highest BCUT2D eigenvalue weighted by molar-refractivity contribution is 7.93. The smallest absolute Gasteiger partial charge is 0.309 e. The second-order valence-corrected chi connectivity index (χ2v) is 9.03. The summed E-state index contributed by atoms with van der Waals surface area (Å²) in [7, 11) is -3.79. The van der Waals surface area contributed by atoms with Crippen molar-refractivity contribution in [1.29, 1.82) is 0 Å². The standard InChI is InChI=1S/C18H17N3O5S2/c22-17(20-11-13-5-7-19-8-6-13)18(23)21-12-15(14-3-1-9-26-14)28(24,25)16-4-2-10-27-16/h1-10,15H,11-12H2,(H,20,22)(H,21,23). The van der Waals surface area contributed by atoms with Crippen LogP contribution in [0.2, 0.25) is 0 Å². The maximum Gasteiger partial charge on any atom is 0.309 e. The lowest BCUT2D eigenvalue weighted by Gasteiger charge is -2.15. The molecular formula is C18H17N3O5S2. The van der Waals surface area contributed by atoms with Gasteiger partial charge in [-0.3, -0.25) is 14.6 Å². The van der Waals surface area contributed by atoms with Gasteiger partial charge >= 0.3 is 11.8 Å². The third-order valence-electron chi connectivity index (χ3n) is 3.87. The van der Waals surface area contributed by atoms with Gasteiger partial charge < -0.3 is 15.1 Å². The summed E-state index contributed by atoms with van der Waals surface area (Å²) in [5, 5.41) is 5.36. The quantitative estimate of drug-likeness (QED) is 0.563. The fourth-order valence-electron chi connectivity index (χ4n) is 2.43. The van der Waals surface area contributed by atoms with E-state index in [1.54, 1.807) is 42.0 Å². The predicted octanol–water partition coefficient (Wildman–Crippen LogP) is 1.68. The van der Waals surface area contributed by atoms with Crippen molar-refractivity contribution in [3.05, 3.63) is 71.8 Å². The summed E-state index contributed by atoms with van der Waals surface area (Å²) in [6.45, 7) is -0.140. The average molecular weight is 419 g/mol. The van der Waals surface area contributed by atoms with Gasteiger partial charge in [0.25, 0.3) is 0 Å². The second kappa shape index (κ2) is 8.81. The number of carbonyl (C=O) groups excluding carboxylic acids is 2. The van der Waals surface area contributed by atoms with Crippen LogP contribution in [0.15, 0.2) is 69.1 Å². The minimum atomic E-state index is -3.79. The Kier molecular flexibility index (Phi) is 6.22. The Hall–Kier alpha value is -2.98. The van der Waals surface area contributed by atoms with Gasteiger partial charge in [-0.2, -0.15) is 0 Å². The zero-order valence-corrected chi connectivity index (χ0v) is 16.2. The lowest BCUT2D eigenvalue weighted by Crippen LogP contribution is -2.42. The van der Waals surface area contributed by atoms with E-state index in [-0.39, 0.29) is 23.1 Å². The lowest BCUT2D eigenvalue weighted by atomic mass is 10.2. The van der Waals surface area contributed by atoms with Crippen LogP contribution >= 0.6 is 11.3 Å². The van der Waals surface area contributed by atoms with Crippen molar-refractivity contribution in [2.75, 3.05) is 6.54 Å². The van der Waals surface area contributed by atoms with E-state index < -0.39 is 26.9 Å². The summed E-state index contributed by atoms with van der Waals surface area (Å²) >= 11 is 1.08. The van der Waals surface area contributed by atoms with E-state index in [4.69, 9.17) is 4.42 Å². The molecule has 0 aliphatic rings. The Morgan fingerprint density at radius 3 is 2.46 bits per heavy atom. The molecule has 3 rings (SSSR count). The summed E-state index contributed by atoms with van der Waals surface area (Å²) in [4.78, 5) is 27.9. The SMILES string of the molecule is O=C(NCc1ccncc1)C(=O)NCC(c1ccco1)S(=O)(=O)c1cccs1. The van der Waals surface area contributed by atoms with E-state index in [1.165, 1.54) is 18.4 Å². The van der Waals surface area contributed by atoms with Gasteiger partial charge in [0, 0.05) is 25.5 Å². The molecule has 2 N–H and O–H groups in total. The molecule has 28 heavy (non-hydrogen) atoms. The first-order valence-corrected chi connectivity index (χ1v) is 10.7. The number of furan rings is 1. The molecule has 146 valence electrons. The van der Waals surface area contributed by atoms with Crippen molar-refractivity contribution in [2.24, 2.45) is 0 Å². The second-order valence-electron chi connectivity index (χ2n) is 5.73. The molecule has 0 radical (unpaired) electrons. The molecule has 0 saturated carbocycles. The zero-order chi connectivity index (χ0) is 20.0. The van der Waals surface area contributed by atoms with Crippen LogP contribution in [-0.2, 0) is 26.0 Å².